The number of piperidine rings is 2. The Morgan fingerprint density at radius 1 is 1.04 bits per heavy atom. The minimum atomic E-state index is -0.399. The Bertz CT molecular complexity index is 599. The highest BCUT2D eigenvalue weighted by molar-refractivity contribution is 5.86. The molecule has 142 valence electrons. The van der Waals surface area contributed by atoms with Gasteiger partial charge in [-0.05, 0) is 37.7 Å². The van der Waals surface area contributed by atoms with Crippen molar-refractivity contribution in [3.05, 3.63) is 35.9 Å². The SMILES string of the molecule is COC(=O)N1CCCCC1C(=O)N1CCC(OCc2ccccc2)CC1. The van der Waals surface area contributed by atoms with E-state index in [-0.39, 0.29) is 18.1 Å². The van der Waals surface area contributed by atoms with Crippen LogP contribution in [0.1, 0.15) is 37.7 Å². The second-order valence-corrected chi connectivity index (χ2v) is 7.00. The van der Waals surface area contributed by atoms with Crippen molar-refractivity contribution in [2.45, 2.75) is 50.9 Å². The Labute approximate surface area is 155 Å². The molecule has 0 saturated carbocycles. The molecule has 1 aromatic rings. The summed E-state index contributed by atoms with van der Waals surface area (Å²) in [4.78, 5) is 28.3. The number of amides is 2. The van der Waals surface area contributed by atoms with E-state index in [0.29, 0.717) is 26.2 Å². The number of rotatable bonds is 4. The van der Waals surface area contributed by atoms with E-state index in [1.807, 2.05) is 23.1 Å². The first-order valence-electron chi connectivity index (χ1n) is 9.48. The zero-order valence-electron chi connectivity index (χ0n) is 15.4. The topological polar surface area (TPSA) is 59.1 Å². The molecule has 2 fully saturated rings. The van der Waals surface area contributed by atoms with Gasteiger partial charge in [0.25, 0.3) is 0 Å². The lowest BCUT2D eigenvalue weighted by Crippen LogP contribution is -2.54. The maximum absolute atomic E-state index is 12.9. The van der Waals surface area contributed by atoms with Gasteiger partial charge in [0.2, 0.25) is 5.91 Å². The van der Waals surface area contributed by atoms with E-state index < -0.39 is 6.09 Å². The Morgan fingerprint density at radius 2 is 1.77 bits per heavy atom. The van der Waals surface area contributed by atoms with Crippen LogP contribution in [0.25, 0.3) is 0 Å². The second-order valence-electron chi connectivity index (χ2n) is 7.00. The third-order valence-corrected chi connectivity index (χ3v) is 5.28. The molecule has 0 radical (unpaired) electrons. The molecule has 0 aromatic heterocycles. The van der Waals surface area contributed by atoms with Crippen LogP contribution in [-0.2, 0) is 20.9 Å². The van der Waals surface area contributed by atoms with Gasteiger partial charge in [-0.25, -0.2) is 4.79 Å². The lowest BCUT2D eigenvalue weighted by Gasteiger charge is -2.39. The van der Waals surface area contributed by atoms with Crippen molar-refractivity contribution >= 4 is 12.0 Å². The molecule has 6 nitrogen and oxygen atoms in total. The van der Waals surface area contributed by atoms with Crippen molar-refractivity contribution in [2.24, 2.45) is 0 Å². The largest absolute Gasteiger partial charge is 0.453 e. The molecule has 0 N–H and O–H groups in total. The zero-order chi connectivity index (χ0) is 18.4. The van der Waals surface area contributed by atoms with E-state index in [0.717, 1.165) is 32.1 Å². The molecule has 2 heterocycles. The van der Waals surface area contributed by atoms with Gasteiger partial charge in [-0.3, -0.25) is 9.69 Å². The summed E-state index contributed by atoms with van der Waals surface area (Å²) in [5.41, 5.74) is 1.17. The zero-order valence-corrected chi connectivity index (χ0v) is 15.4. The molecule has 1 unspecified atom stereocenters. The predicted molar refractivity (Wildman–Crippen MR) is 97.6 cm³/mol. The fourth-order valence-corrected chi connectivity index (χ4v) is 3.77. The molecule has 6 heteroatoms. The number of hydrogen-bond donors (Lipinski definition) is 0. The highest BCUT2D eigenvalue weighted by atomic mass is 16.5. The lowest BCUT2D eigenvalue weighted by atomic mass is 9.99. The number of carbonyl (C=O) groups excluding carboxylic acids is 2. The summed E-state index contributed by atoms with van der Waals surface area (Å²) in [6.07, 6.45) is 4.08. The third-order valence-electron chi connectivity index (χ3n) is 5.28. The fourth-order valence-electron chi connectivity index (χ4n) is 3.77. The number of likely N-dealkylation sites (tertiary alicyclic amines) is 2. The van der Waals surface area contributed by atoms with Gasteiger partial charge < -0.3 is 14.4 Å². The summed E-state index contributed by atoms with van der Waals surface area (Å²) >= 11 is 0. The molecule has 0 bridgehead atoms. The fraction of sp³-hybridized carbons (Fsp3) is 0.600. The van der Waals surface area contributed by atoms with Crippen LogP contribution < -0.4 is 0 Å². The maximum Gasteiger partial charge on any atom is 0.410 e. The van der Waals surface area contributed by atoms with E-state index in [1.54, 1.807) is 4.90 Å². The quantitative estimate of drug-likeness (QED) is 0.828. The van der Waals surface area contributed by atoms with Gasteiger partial charge in [0.05, 0.1) is 19.8 Å². The first-order valence-corrected chi connectivity index (χ1v) is 9.48. The molecule has 2 aliphatic rings. The van der Waals surface area contributed by atoms with Crippen LogP contribution in [0.15, 0.2) is 30.3 Å². The average Bonchev–Trinajstić information content (AvgIpc) is 2.72. The molecule has 26 heavy (non-hydrogen) atoms. The molecule has 2 saturated heterocycles. The Balaban J connectivity index is 1.49. The van der Waals surface area contributed by atoms with E-state index in [4.69, 9.17) is 9.47 Å². The normalized spacial score (nSPS) is 21.5. The maximum atomic E-state index is 12.9. The number of carbonyl (C=O) groups is 2. The second kappa shape index (κ2) is 9.03. The molecular formula is C20H28N2O4. The first-order chi connectivity index (χ1) is 12.7. The van der Waals surface area contributed by atoms with E-state index in [9.17, 15) is 9.59 Å². The van der Waals surface area contributed by atoms with Crippen LogP contribution in [0.2, 0.25) is 0 Å². The van der Waals surface area contributed by atoms with Crippen molar-refractivity contribution < 1.29 is 19.1 Å². The minimum absolute atomic E-state index is 0.0524. The van der Waals surface area contributed by atoms with Gasteiger partial charge in [-0.1, -0.05) is 30.3 Å². The van der Waals surface area contributed by atoms with Crippen LogP contribution in [0.4, 0.5) is 4.79 Å². The van der Waals surface area contributed by atoms with Crippen molar-refractivity contribution in [2.75, 3.05) is 26.7 Å². The monoisotopic (exact) mass is 360 g/mol. The molecular weight excluding hydrogens is 332 g/mol. The van der Waals surface area contributed by atoms with E-state index in [2.05, 4.69) is 12.1 Å². The van der Waals surface area contributed by atoms with Crippen LogP contribution in [0.5, 0.6) is 0 Å². The van der Waals surface area contributed by atoms with E-state index in [1.165, 1.54) is 12.7 Å². The van der Waals surface area contributed by atoms with Crippen LogP contribution in [-0.4, -0.2) is 60.7 Å². The summed E-state index contributed by atoms with van der Waals surface area (Å²) in [5, 5.41) is 0. The minimum Gasteiger partial charge on any atom is -0.453 e. The molecule has 1 atom stereocenters. The first kappa shape index (κ1) is 18.7. The van der Waals surface area contributed by atoms with Crippen molar-refractivity contribution in [1.82, 2.24) is 9.80 Å². The number of benzene rings is 1. The molecule has 1 aromatic carbocycles. The summed E-state index contributed by atoms with van der Waals surface area (Å²) in [6, 6.07) is 9.76. The van der Waals surface area contributed by atoms with Crippen LogP contribution in [0.3, 0.4) is 0 Å². The number of nitrogens with zero attached hydrogens (tertiary/aromatic N) is 2. The average molecular weight is 360 g/mol. The highest BCUT2D eigenvalue weighted by Crippen LogP contribution is 2.23. The van der Waals surface area contributed by atoms with Gasteiger partial charge in [0, 0.05) is 19.6 Å². The Morgan fingerprint density at radius 3 is 2.46 bits per heavy atom. The summed E-state index contributed by atoms with van der Waals surface area (Å²) in [5.74, 6) is 0.0524. The molecule has 2 amide bonds. The third kappa shape index (κ3) is 4.55. The highest BCUT2D eigenvalue weighted by Gasteiger charge is 2.36. The molecule has 2 aliphatic heterocycles. The number of methoxy groups -OCH3 is 1. The summed E-state index contributed by atoms with van der Waals surface area (Å²) in [6.45, 7) is 2.57. The van der Waals surface area contributed by atoms with Gasteiger partial charge in [0.15, 0.2) is 0 Å². The number of ether oxygens (including phenoxy) is 2. The smallest absolute Gasteiger partial charge is 0.410 e. The van der Waals surface area contributed by atoms with Crippen molar-refractivity contribution in [1.29, 1.82) is 0 Å². The Hall–Kier alpha value is -2.08. The lowest BCUT2D eigenvalue weighted by molar-refractivity contribution is -0.140. The van der Waals surface area contributed by atoms with Gasteiger partial charge in [-0.15, -0.1) is 0 Å². The number of hydrogen-bond acceptors (Lipinski definition) is 4. The molecule has 3 rings (SSSR count). The molecule has 0 spiro atoms. The standard InChI is InChI=1S/C20H28N2O4/c1-25-20(24)22-12-6-5-9-18(22)19(23)21-13-10-17(11-14-21)26-15-16-7-3-2-4-8-16/h2-4,7-8,17-18H,5-6,9-15H2,1H3. The summed E-state index contributed by atoms with van der Waals surface area (Å²) < 4.78 is 10.8. The van der Waals surface area contributed by atoms with E-state index >= 15 is 0 Å². The summed E-state index contributed by atoms with van der Waals surface area (Å²) in [7, 11) is 1.37. The Kier molecular flexibility index (Phi) is 6.50. The van der Waals surface area contributed by atoms with Gasteiger partial charge in [-0.2, -0.15) is 0 Å². The molecule has 0 aliphatic carbocycles. The van der Waals surface area contributed by atoms with Crippen molar-refractivity contribution in [3.63, 3.8) is 0 Å². The van der Waals surface area contributed by atoms with Gasteiger partial charge >= 0.3 is 6.09 Å². The predicted octanol–water partition coefficient (Wildman–Crippen LogP) is 2.82. The van der Waals surface area contributed by atoms with Crippen LogP contribution >= 0.6 is 0 Å². The van der Waals surface area contributed by atoms with Gasteiger partial charge in [0.1, 0.15) is 6.04 Å². The van der Waals surface area contributed by atoms with Crippen LogP contribution in [0, 0.1) is 0 Å². The van der Waals surface area contributed by atoms with Crippen molar-refractivity contribution in [3.8, 4) is 0 Å².